The summed E-state index contributed by atoms with van der Waals surface area (Å²) in [6, 6.07) is 10.5. The molecule has 15 heavy (non-hydrogen) atoms. The zero-order valence-corrected chi connectivity index (χ0v) is 9.33. The van der Waals surface area contributed by atoms with Crippen LogP contribution >= 0.6 is 11.3 Å². The van der Waals surface area contributed by atoms with E-state index >= 15 is 0 Å². The minimum absolute atomic E-state index is 0.679. The first kappa shape index (κ1) is 10.3. The van der Waals surface area contributed by atoms with Crippen molar-refractivity contribution < 1.29 is 0 Å². The summed E-state index contributed by atoms with van der Waals surface area (Å²) >= 11 is 1.76. The summed E-state index contributed by atoms with van der Waals surface area (Å²) in [5, 5.41) is 1.14. The van der Waals surface area contributed by atoms with E-state index in [2.05, 4.69) is 29.2 Å². The minimum Gasteiger partial charge on any atom is -0.330 e. The van der Waals surface area contributed by atoms with E-state index in [4.69, 9.17) is 5.73 Å². The molecule has 1 aromatic carbocycles. The van der Waals surface area contributed by atoms with E-state index in [1.54, 1.807) is 11.3 Å². The van der Waals surface area contributed by atoms with Gasteiger partial charge in [-0.05, 0) is 12.1 Å². The fourth-order valence-electron chi connectivity index (χ4n) is 1.47. The summed E-state index contributed by atoms with van der Waals surface area (Å²) in [5.41, 5.74) is 6.82. The summed E-state index contributed by atoms with van der Waals surface area (Å²) in [4.78, 5) is 5.65. The van der Waals surface area contributed by atoms with Gasteiger partial charge in [0.15, 0.2) is 0 Å². The van der Waals surface area contributed by atoms with Gasteiger partial charge in [-0.2, -0.15) is 0 Å². The number of aromatic nitrogens is 1. The van der Waals surface area contributed by atoms with E-state index in [1.807, 2.05) is 12.3 Å². The molecule has 0 aliphatic carbocycles. The second-order valence-corrected chi connectivity index (χ2v) is 4.62. The van der Waals surface area contributed by atoms with Gasteiger partial charge in [-0.15, -0.1) is 11.3 Å². The Kier molecular flexibility index (Phi) is 3.48. The van der Waals surface area contributed by atoms with E-state index in [0.717, 1.165) is 17.8 Å². The van der Waals surface area contributed by atoms with Crippen LogP contribution in [0.3, 0.4) is 0 Å². The molecule has 2 rings (SSSR count). The predicted molar refractivity (Wildman–Crippen MR) is 64.1 cm³/mol. The third-order valence-corrected chi connectivity index (χ3v) is 3.24. The maximum Gasteiger partial charge on any atom is 0.0940 e. The van der Waals surface area contributed by atoms with Crippen LogP contribution in [0.1, 0.15) is 15.4 Å². The molecule has 78 valence electrons. The van der Waals surface area contributed by atoms with Crippen LogP contribution in [0.4, 0.5) is 0 Å². The Balaban J connectivity index is 2.05. The molecule has 0 radical (unpaired) electrons. The lowest BCUT2D eigenvalue weighted by Crippen LogP contribution is -2.01. The Morgan fingerprint density at radius 3 is 2.73 bits per heavy atom. The van der Waals surface area contributed by atoms with E-state index in [-0.39, 0.29) is 0 Å². The molecule has 0 amide bonds. The molecule has 0 saturated carbocycles. The summed E-state index contributed by atoms with van der Waals surface area (Å²) in [5.74, 6) is 0. The van der Waals surface area contributed by atoms with Gasteiger partial charge < -0.3 is 5.73 Å². The standard InChI is InChI=1S/C12H14N2S/c13-7-6-12-14-9-11(15-12)8-10-4-2-1-3-5-10/h1-5,9H,6-8,13H2. The average Bonchev–Trinajstić information content (AvgIpc) is 2.68. The minimum atomic E-state index is 0.679. The van der Waals surface area contributed by atoms with Gasteiger partial charge in [-0.3, -0.25) is 0 Å². The number of hydrogen-bond donors (Lipinski definition) is 1. The third kappa shape index (κ3) is 2.88. The summed E-state index contributed by atoms with van der Waals surface area (Å²) in [7, 11) is 0. The highest BCUT2D eigenvalue weighted by Crippen LogP contribution is 2.17. The van der Waals surface area contributed by atoms with Gasteiger partial charge in [0.05, 0.1) is 5.01 Å². The summed E-state index contributed by atoms with van der Waals surface area (Å²) < 4.78 is 0. The first-order valence-electron chi connectivity index (χ1n) is 5.06. The smallest absolute Gasteiger partial charge is 0.0940 e. The first-order valence-corrected chi connectivity index (χ1v) is 5.87. The fraction of sp³-hybridized carbons (Fsp3) is 0.250. The summed E-state index contributed by atoms with van der Waals surface area (Å²) in [6.45, 7) is 0.679. The zero-order chi connectivity index (χ0) is 10.5. The molecule has 0 aliphatic rings. The number of hydrogen-bond acceptors (Lipinski definition) is 3. The Hall–Kier alpha value is -1.19. The van der Waals surface area contributed by atoms with E-state index in [0.29, 0.717) is 6.54 Å². The molecule has 0 bridgehead atoms. The molecular formula is C12H14N2S. The molecule has 3 heteroatoms. The SMILES string of the molecule is NCCc1ncc(Cc2ccccc2)s1. The lowest BCUT2D eigenvalue weighted by Gasteiger charge is -1.96. The summed E-state index contributed by atoms with van der Waals surface area (Å²) in [6.07, 6.45) is 3.82. The third-order valence-electron chi connectivity index (χ3n) is 2.18. The molecule has 0 aliphatic heterocycles. The van der Waals surface area contributed by atoms with Crippen molar-refractivity contribution in [3.05, 3.63) is 52.0 Å². The highest BCUT2D eigenvalue weighted by molar-refractivity contribution is 7.11. The molecule has 2 aromatic rings. The molecular weight excluding hydrogens is 204 g/mol. The van der Waals surface area contributed by atoms with Crippen molar-refractivity contribution in [2.24, 2.45) is 5.73 Å². The maximum absolute atomic E-state index is 5.49. The molecule has 0 fully saturated rings. The Bertz CT molecular complexity index is 409. The monoisotopic (exact) mass is 218 g/mol. The van der Waals surface area contributed by atoms with Crippen LogP contribution in [0.2, 0.25) is 0 Å². The van der Waals surface area contributed by atoms with Crippen LogP contribution in [0.25, 0.3) is 0 Å². The highest BCUT2D eigenvalue weighted by atomic mass is 32.1. The molecule has 0 unspecified atom stereocenters. The van der Waals surface area contributed by atoms with Gasteiger partial charge in [-0.25, -0.2) is 4.98 Å². The molecule has 2 nitrogen and oxygen atoms in total. The van der Waals surface area contributed by atoms with Crippen molar-refractivity contribution in [1.82, 2.24) is 4.98 Å². The normalized spacial score (nSPS) is 10.5. The van der Waals surface area contributed by atoms with Crippen molar-refractivity contribution in [2.75, 3.05) is 6.54 Å². The van der Waals surface area contributed by atoms with Gasteiger partial charge in [0.25, 0.3) is 0 Å². The van der Waals surface area contributed by atoms with Crippen molar-refractivity contribution in [3.63, 3.8) is 0 Å². The molecule has 2 N–H and O–H groups in total. The Morgan fingerprint density at radius 1 is 1.20 bits per heavy atom. The Labute approximate surface area is 93.8 Å². The van der Waals surface area contributed by atoms with Crippen molar-refractivity contribution in [1.29, 1.82) is 0 Å². The number of benzene rings is 1. The molecule has 1 heterocycles. The van der Waals surface area contributed by atoms with Crippen LogP contribution in [0.15, 0.2) is 36.5 Å². The van der Waals surface area contributed by atoms with Gasteiger partial charge >= 0.3 is 0 Å². The van der Waals surface area contributed by atoms with E-state index in [9.17, 15) is 0 Å². The topological polar surface area (TPSA) is 38.9 Å². The van der Waals surface area contributed by atoms with Crippen molar-refractivity contribution >= 4 is 11.3 Å². The number of thiazole rings is 1. The van der Waals surface area contributed by atoms with Crippen molar-refractivity contribution in [3.8, 4) is 0 Å². The second-order valence-electron chi connectivity index (χ2n) is 3.42. The zero-order valence-electron chi connectivity index (χ0n) is 8.52. The number of nitrogens with zero attached hydrogens (tertiary/aromatic N) is 1. The van der Waals surface area contributed by atoms with Crippen LogP contribution in [-0.4, -0.2) is 11.5 Å². The van der Waals surface area contributed by atoms with E-state index in [1.165, 1.54) is 10.4 Å². The van der Waals surface area contributed by atoms with Crippen molar-refractivity contribution in [2.45, 2.75) is 12.8 Å². The van der Waals surface area contributed by atoms with Gasteiger partial charge in [0.2, 0.25) is 0 Å². The lowest BCUT2D eigenvalue weighted by molar-refractivity contribution is 0.952. The van der Waals surface area contributed by atoms with Gasteiger partial charge in [0.1, 0.15) is 0 Å². The molecule has 1 aromatic heterocycles. The van der Waals surface area contributed by atoms with E-state index < -0.39 is 0 Å². The quantitative estimate of drug-likeness (QED) is 0.854. The predicted octanol–water partition coefficient (Wildman–Crippen LogP) is 2.24. The van der Waals surface area contributed by atoms with Crippen LogP contribution in [0.5, 0.6) is 0 Å². The highest BCUT2D eigenvalue weighted by Gasteiger charge is 2.01. The van der Waals surface area contributed by atoms with Gasteiger partial charge in [-0.1, -0.05) is 30.3 Å². The second kappa shape index (κ2) is 5.05. The first-order chi connectivity index (χ1) is 7.38. The van der Waals surface area contributed by atoms with Crippen LogP contribution < -0.4 is 5.73 Å². The Morgan fingerprint density at radius 2 is 2.00 bits per heavy atom. The largest absolute Gasteiger partial charge is 0.330 e. The molecule has 0 saturated heterocycles. The van der Waals surface area contributed by atoms with Crippen LogP contribution in [0, 0.1) is 0 Å². The molecule has 0 atom stereocenters. The fourth-order valence-corrected chi connectivity index (χ4v) is 2.44. The van der Waals surface area contributed by atoms with Gasteiger partial charge in [0, 0.05) is 23.9 Å². The van der Waals surface area contributed by atoms with Crippen LogP contribution in [-0.2, 0) is 12.8 Å². The number of nitrogens with two attached hydrogens (primary N) is 1. The maximum atomic E-state index is 5.49. The average molecular weight is 218 g/mol. The number of rotatable bonds is 4. The molecule has 0 spiro atoms. The lowest BCUT2D eigenvalue weighted by atomic mass is 10.1.